The summed E-state index contributed by atoms with van der Waals surface area (Å²) < 4.78 is 0. The predicted octanol–water partition coefficient (Wildman–Crippen LogP) is 3.20. The number of pyridine rings is 1. The zero-order valence-electron chi connectivity index (χ0n) is 10.6. The van der Waals surface area contributed by atoms with E-state index in [1.54, 1.807) is 0 Å². The van der Waals surface area contributed by atoms with Gasteiger partial charge in [0.05, 0.1) is 0 Å². The van der Waals surface area contributed by atoms with Gasteiger partial charge in [0.2, 0.25) is 0 Å². The van der Waals surface area contributed by atoms with Gasteiger partial charge in [0.15, 0.2) is 0 Å². The maximum atomic E-state index is 5.96. The van der Waals surface area contributed by atoms with Crippen LogP contribution in [0.5, 0.6) is 0 Å². The van der Waals surface area contributed by atoms with Crippen LogP contribution in [0.3, 0.4) is 0 Å². The summed E-state index contributed by atoms with van der Waals surface area (Å²) in [4.78, 5) is 4.04. The quantitative estimate of drug-likeness (QED) is 0.872. The lowest BCUT2D eigenvalue weighted by atomic mass is 9.67. The molecule has 1 aromatic carbocycles. The van der Waals surface area contributed by atoms with E-state index in [-0.39, 0.29) is 0 Å². The van der Waals surface area contributed by atoms with Gasteiger partial charge in [-0.05, 0) is 47.1 Å². The zero-order chi connectivity index (χ0) is 12.5. The van der Waals surface area contributed by atoms with Crippen LogP contribution in [-0.2, 0) is 0 Å². The van der Waals surface area contributed by atoms with Gasteiger partial charge in [0.1, 0.15) is 0 Å². The third-order valence-electron chi connectivity index (χ3n) is 4.19. The molecule has 2 nitrogen and oxygen atoms in total. The van der Waals surface area contributed by atoms with Crippen molar-refractivity contribution in [3.05, 3.63) is 54.4 Å². The van der Waals surface area contributed by atoms with Crippen LogP contribution in [0.2, 0.25) is 0 Å². The predicted molar refractivity (Wildman–Crippen MR) is 74.2 cm³/mol. The maximum Gasteiger partial charge on any atom is 0.0273 e. The summed E-state index contributed by atoms with van der Waals surface area (Å²) in [7, 11) is 0. The minimum Gasteiger partial charge on any atom is -0.327 e. The highest BCUT2D eigenvalue weighted by molar-refractivity contribution is 5.63. The number of benzene rings is 1. The molecule has 1 fully saturated rings. The fourth-order valence-electron chi connectivity index (χ4n) is 2.73. The molecule has 0 spiro atoms. The van der Waals surface area contributed by atoms with Crippen molar-refractivity contribution in [3.63, 3.8) is 0 Å². The van der Waals surface area contributed by atoms with Gasteiger partial charge < -0.3 is 5.73 Å². The molecule has 0 amide bonds. The first kappa shape index (κ1) is 11.4. The van der Waals surface area contributed by atoms with Gasteiger partial charge in [-0.2, -0.15) is 0 Å². The van der Waals surface area contributed by atoms with Crippen LogP contribution in [-0.4, -0.2) is 11.0 Å². The van der Waals surface area contributed by atoms with Gasteiger partial charge in [0, 0.05) is 18.4 Å². The summed E-state index contributed by atoms with van der Waals surface area (Å²) in [6.07, 6.45) is 4.78. The molecule has 1 aromatic heterocycles. The number of nitrogens with two attached hydrogens (primary N) is 1. The van der Waals surface area contributed by atoms with E-state index in [2.05, 4.69) is 36.2 Å². The van der Waals surface area contributed by atoms with Gasteiger partial charge in [-0.3, -0.25) is 4.98 Å². The molecule has 1 aliphatic rings. The van der Waals surface area contributed by atoms with Gasteiger partial charge in [-0.25, -0.2) is 0 Å². The Kier molecular flexibility index (Phi) is 2.88. The summed E-state index contributed by atoms with van der Waals surface area (Å²) >= 11 is 0. The lowest BCUT2D eigenvalue weighted by Gasteiger charge is -2.41. The van der Waals surface area contributed by atoms with Crippen LogP contribution >= 0.6 is 0 Å². The van der Waals surface area contributed by atoms with Gasteiger partial charge in [-0.15, -0.1) is 0 Å². The van der Waals surface area contributed by atoms with Crippen molar-refractivity contribution in [2.24, 2.45) is 11.7 Å². The van der Waals surface area contributed by atoms with Crippen molar-refractivity contribution in [2.75, 3.05) is 0 Å². The molecule has 0 saturated heterocycles. The smallest absolute Gasteiger partial charge is 0.0273 e. The molecule has 0 radical (unpaired) electrons. The molecule has 3 rings (SSSR count). The highest BCUT2D eigenvalue weighted by Gasteiger charge is 2.35. The van der Waals surface area contributed by atoms with E-state index in [0.29, 0.717) is 17.9 Å². The summed E-state index contributed by atoms with van der Waals surface area (Å²) in [6, 6.07) is 13.3. The van der Waals surface area contributed by atoms with E-state index in [1.165, 1.54) is 16.7 Å². The second kappa shape index (κ2) is 4.54. The molecule has 0 aliphatic heterocycles. The van der Waals surface area contributed by atoms with Crippen LogP contribution in [0.4, 0.5) is 0 Å². The third kappa shape index (κ3) is 1.93. The van der Waals surface area contributed by atoms with E-state index >= 15 is 0 Å². The van der Waals surface area contributed by atoms with Gasteiger partial charge in [0.25, 0.3) is 0 Å². The van der Waals surface area contributed by atoms with Crippen LogP contribution in [0.15, 0.2) is 48.8 Å². The normalized spacial score (nSPS) is 26.7. The van der Waals surface area contributed by atoms with E-state index in [1.807, 2.05) is 24.5 Å². The first-order chi connectivity index (χ1) is 8.75. The Morgan fingerprint density at radius 1 is 1.00 bits per heavy atom. The first-order valence-electron chi connectivity index (χ1n) is 6.51. The standard InChI is InChI=1S/C16H18N2/c1-11-15(10-16(11)17)14-4-2-12(3-5-14)13-6-8-18-9-7-13/h2-9,11,15-16H,10,17H2,1H3. The number of hydrogen-bond acceptors (Lipinski definition) is 2. The molecule has 3 atom stereocenters. The summed E-state index contributed by atoms with van der Waals surface area (Å²) in [5.41, 5.74) is 9.85. The molecule has 3 unspecified atom stereocenters. The van der Waals surface area contributed by atoms with Crippen molar-refractivity contribution in [3.8, 4) is 11.1 Å². The Morgan fingerprint density at radius 2 is 1.61 bits per heavy atom. The molecular weight excluding hydrogens is 220 g/mol. The maximum absolute atomic E-state index is 5.96. The van der Waals surface area contributed by atoms with Crippen molar-refractivity contribution < 1.29 is 0 Å². The Balaban J connectivity index is 1.82. The van der Waals surface area contributed by atoms with Crippen LogP contribution in [0.25, 0.3) is 11.1 Å². The van der Waals surface area contributed by atoms with Crippen molar-refractivity contribution >= 4 is 0 Å². The average molecular weight is 238 g/mol. The summed E-state index contributed by atoms with van der Waals surface area (Å²) in [5, 5.41) is 0. The highest BCUT2D eigenvalue weighted by Crippen LogP contribution is 2.41. The monoisotopic (exact) mass is 238 g/mol. The third-order valence-corrected chi connectivity index (χ3v) is 4.19. The Hall–Kier alpha value is -1.67. The van der Waals surface area contributed by atoms with Crippen LogP contribution in [0, 0.1) is 5.92 Å². The number of hydrogen-bond donors (Lipinski definition) is 1. The lowest BCUT2D eigenvalue weighted by molar-refractivity contribution is 0.226. The van der Waals surface area contributed by atoms with Crippen LogP contribution in [0.1, 0.15) is 24.8 Å². The number of aromatic nitrogens is 1. The molecule has 1 heterocycles. The molecule has 18 heavy (non-hydrogen) atoms. The SMILES string of the molecule is CC1C(N)CC1c1ccc(-c2ccncc2)cc1. The lowest BCUT2D eigenvalue weighted by Crippen LogP contribution is -2.44. The summed E-state index contributed by atoms with van der Waals surface area (Å²) in [5.74, 6) is 1.25. The fraction of sp³-hybridized carbons (Fsp3) is 0.312. The minimum atomic E-state index is 0.384. The molecule has 92 valence electrons. The van der Waals surface area contributed by atoms with E-state index in [4.69, 9.17) is 5.73 Å². The van der Waals surface area contributed by atoms with E-state index < -0.39 is 0 Å². The Morgan fingerprint density at radius 3 is 2.17 bits per heavy atom. The summed E-state index contributed by atoms with van der Waals surface area (Å²) in [6.45, 7) is 2.25. The molecule has 2 N–H and O–H groups in total. The van der Waals surface area contributed by atoms with Crippen molar-refractivity contribution in [1.29, 1.82) is 0 Å². The Bertz CT molecular complexity index is 519. The first-order valence-corrected chi connectivity index (χ1v) is 6.51. The second-order valence-electron chi connectivity index (χ2n) is 5.22. The van der Waals surface area contributed by atoms with Gasteiger partial charge >= 0.3 is 0 Å². The van der Waals surface area contributed by atoms with E-state index in [9.17, 15) is 0 Å². The Labute approximate surface area is 108 Å². The topological polar surface area (TPSA) is 38.9 Å². The van der Waals surface area contributed by atoms with Crippen LogP contribution < -0.4 is 5.73 Å². The molecule has 1 saturated carbocycles. The minimum absolute atomic E-state index is 0.384. The number of rotatable bonds is 2. The average Bonchev–Trinajstić information content (AvgIpc) is 2.45. The van der Waals surface area contributed by atoms with E-state index in [0.717, 1.165) is 6.42 Å². The molecule has 1 aliphatic carbocycles. The molecule has 0 bridgehead atoms. The molecule has 2 heteroatoms. The highest BCUT2D eigenvalue weighted by atomic mass is 14.7. The second-order valence-corrected chi connectivity index (χ2v) is 5.22. The largest absolute Gasteiger partial charge is 0.327 e. The van der Waals surface area contributed by atoms with Crippen molar-refractivity contribution in [1.82, 2.24) is 4.98 Å². The molecule has 2 aromatic rings. The zero-order valence-corrected chi connectivity index (χ0v) is 10.6. The van der Waals surface area contributed by atoms with Gasteiger partial charge in [-0.1, -0.05) is 31.2 Å². The number of nitrogens with zero attached hydrogens (tertiary/aromatic N) is 1. The van der Waals surface area contributed by atoms with Crippen molar-refractivity contribution in [2.45, 2.75) is 25.3 Å². The fourth-order valence-corrected chi connectivity index (χ4v) is 2.73. The molecular formula is C16H18N2.